The fourth-order valence-corrected chi connectivity index (χ4v) is 3.70. The molecule has 1 aliphatic rings. The van der Waals surface area contributed by atoms with Crippen LogP contribution in [0.4, 0.5) is 13.2 Å². The quantitative estimate of drug-likeness (QED) is 0.572. The highest BCUT2D eigenvalue weighted by Gasteiger charge is 2.37. The molecule has 4 aromatic heterocycles. The second kappa shape index (κ2) is 6.47. The number of alkyl halides is 2. The van der Waals surface area contributed by atoms with Crippen LogP contribution in [0.15, 0.2) is 43.0 Å². The van der Waals surface area contributed by atoms with E-state index in [0.29, 0.717) is 28.0 Å². The molecule has 0 saturated carbocycles. The number of rotatable bonds is 3. The van der Waals surface area contributed by atoms with Gasteiger partial charge in [-0.1, -0.05) is 0 Å². The van der Waals surface area contributed by atoms with Gasteiger partial charge in [0.1, 0.15) is 17.6 Å². The Morgan fingerprint density at radius 3 is 2.97 bits per heavy atom. The molecule has 5 heterocycles. The molecule has 1 aliphatic heterocycles. The van der Waals surface area contributed by atoms with E-state index in [1.807, 2.05) is 0 Å². The third-order valence-corrected chi connectivity index (χ3v) is 4.98. The van der Waals surface area contributed by atoms with Crippen LogP contribution in [-0.4, -0.2) is 46.7 Å². The molecule has 11 heteroatoms. The van der Waals surface area contributed by atoms with E-state index >= 15 is 0 Å². The maximum absolute atomic E-state index is 13.6. The Hall–Kier alpha value is -3.63. The van der Waals surface area contributed by atoms with Crippen molar-refractivity contribution in [3.8, 4) is 0 Å². The minimum absolute atomic E-state index is 0.223. The molecule has 0 saturated heterocycles. The standard InChI is InChI=1S/C18H14F3N7O/c19-10-2-6-27-11(7-10)8-13(25-27)16-15-12(22-9-23-15)3-5-26(16)17(29)14-1-4-24-28(14)18(20)21/h1-2,4,6-9,16,18H,3,5H2,(H,22,23)/t16-/m1/s1. The second-order valence-corrected chi connectivity index (χ2v) is 6.64. The molecule has 0 unspecified atom stereocenters. The molecule has 8 nitrogen and oxygen atoms in total. The third kappa shape index (κ3) is 2.77. The average Bonchev–Trinajstić information content (AvgIpc) is 3.43. The van der Waals surface area contributed by atoms with Gasteiger partial charge in [0.15, 0.2) is 0 Å². The van der Waals surface area contributed by atoms with Crippen molar-refractivity contribution >= 4 is 11.4 Å². The van der Waals surface area contributed by atoms with Crippen molar-refractivity contribution in [2.75, 3.05) is 6.54 Å². The Morgan fingerprint density at radius 2 is 2.14 bits per heavy atom. The van der Waals surface area contributed by atoms with Crippen molar-refractivity contribution < 1.29 is 18.0 Å². The predicted octanol–water partition coefficient (Wildman–Crippen LogP) is 2.58. The number of aromatic nitrogens is 6. The van der Waals surface area contributed by atoms with Crippen LogP contribution in [0.1, 0.15) is 40.2 Å². The van der Waals surface area contributed by atoms with Crippen molar-refractivity contribution in [1.82, 2.24) is 34.3 Å². The molecule has 1 amide bonds. The summed E-state index contributed by atoms with van der Waals surface area (Å²) in [6.07, 6.45) is 4.64. The number of nitrogens with zero attached hydrogens (tertiary/aromatic N) is 6. The van der Waals surface area contributed by atoms with Crippen molar-refractivity contribution in [2.45, 2.75) is 19.0 Å². The predicted molar refractivity (Wildman–Crippen MR) is 93.8 cm³/mol. The first-order valence-corrected chi connectivity index (χ1v) is 8.82. The van der Waals surface area contributed by atoms with Crippen LogP contribution >= 0.6 is 0 Å². The molecule has 1 N–H and O–H groups in total. The normalized spacial score (nSPS) is 16.6. The van der Waals surface area contributed by atoms with Gasteiger partial charge in [0.2, 0.25) is 0 Å². The van der Waals surface area contributed by atoms with Crippen LogP contribution in [0.2, 0.25) is 0 Å². The van der Waals surface area contributed by atoms with Gasteiger partial charge < -0.3 is 9.88 Å². The van der Waals surface area contributed by atoms with E-state index in [2.05, 4.69) is 20.2 Å². The lowest BCUT2D eigenvalue weighted by molar-refractivity contribution is 0.0441. The lowest BCUT2D eigenvalue weighted by Crippen LogP contribution is -2.41. The van der Waals surface area contributed by atoms with Gasteiger partial charge in [-0.05, 0) is 24.3 Å². The van der Waals surface area contributed by atoms with E-state index in [1.165, 1.54) is 40.1 Å². The smallest absolute Gasteiger partial charge is 0.333 e. The zero-order chi connectivity index (χ0) is 20.1. The van der Waals surface area contributed by atoms with E-state index in [1.54, 1.807) is 6.07 Å². The summed E-state index contributed by atoms with van der Waals surface area (Å²) in [4.78, 5) is 22.0. The van der Waals surface area contributed by atoms with Crippen LogP contribution in [0.3, 0.4) is 0 Å². The lowest BCUT2D eigenvalue weighted by atomic mass is 9.99. The van der Waals surface area contributed by atoms with Crippen LogP contribution in [0.5, 0.6) is 0 Å². The highest BCUT2D eigenvalue weighted by atomic mass is 19.3. The molecule has 29 heavy (non-hydrogen) atoms. The van der Waals surface area contributed by atoms with E-state index in [4.69, 9.17) is 0 Å². The Bertz CT molecular complexity index is 1210. The summed E-state index contributed by atoms with van der Waals surface area (Å²) < 4.78 is 41.9. The summed E-state index contributed by atoms with van der Waals surface area (Å²) in [5.41, 5.74) is 2.16. The maximum Gasteiger partial charge on any atom is 0.333 e. The largest absolute Gasteiger partial charge is 0.348 e. The lowest BCUT2D eigenvalue weighted by Gasteiger charge is -2.33. The number of hydrogen-bond acceptors (Lipinski definition) is 4. The number of imidazole rings is 1. The summed E-state index contributed by atoms with van der Waals surface area (Å²) in [6.45, 7) is -2.67. The molecule has 0 fully saturated rings. The first-order chi connectivity index (χ1) is 14.0. The van der Waals surface area contributed by atoms with Gasteiger partial charge in [0.25, 0.3) is 5.91 Å². The molecule has 0 aromatic carbocycles. The van der Waals surface area contributed by atoms with Crippen LogP contribution in [0, 0.1) is 5.82 Å². The number of amides is 1. The Morgan fingerprint density at radius 1 is 1.28 bits per heavy atom. The molecule has 0 radical (unpaired) electrons. The summed E-state index contributed by atoms with van der Waals surface area (Å²) in [6, 6.07) is 4.80. The minimum Gasteiger partial charge on any atom is -0.348 e. The number of hydrogen-bond donors (Lipinski definition) is 1. The zero-order valence-electron chi connectivity index (χ0n) is 14.8. The van der Waals surface area contributed by atoms with Gasteiger partial charge in [-0.3, -0.25) is 4.79 Å². The van der Waals surface area contributed by atoms with Gasteiger partial charge in [-0.25, -0.2) is 13.9 Å². The van der Waals surface area contributed by atoms with E-state index in [0.717, 1.165) is 11.9 Å². The van der Waals surface area contributed by atoms with Gasteiger partial charge in [0.05, 0.1) is 23.2 Å². The number of fused-ring (bicyclic) bond motifs is 2. The number of carbonyl (C=O) groups excluding carboxylic acids is 1. The van der Waals surface area contributed by atoms with Gasteiger partial charge >= 0.3 is 6.55 Å². The summed E-state index contributed by atoms with van der Waals surface area (Å²) in [5, 5.41) is 8.00. The van der Waals surface area contributed by atoms with Crippen molar-refractivity contribution in [3.63, 3.8) is 0 Å². The highest BCUT2D eigenvalue weighted by molar-refractivity contribution is 5.93. The molecule has 1 atom stereocenters. The van der Waals surface area contributed by atoms with Crippen molar-refractivity contribution in [2.24, 2.45) is 0 Å². The zero-order valence-corrected chi connectivity index (χ0v) is 14.8. The first kappa shape index (κ1) is 17.5. The summed E-state index contributed by atoms with van der Waals surface area (Å²) in [7, 11) is 0. The van der Waals surface area contributed by atoms with E-state index < -0.39 is 24.3 Å². The third-order valence-electron chi connectivity index (χ3n) is 4.98. The number of carbonyl (C=O) groups is 1. The van der Waals surface area contributed by atoms with Crippen molar-refractivity contribution in [3.05, 3.63) is 71.6 Å². The number of nitrogens with one attached hydrogen (secondary N) is 1. The second-order valence-electron chi connectivity index (χ2n) is 6.64. The molecule has 0 spiro atoms. The Balaban J connectivity index is 1.62. The van der Waals surface area contributed by atoms with Gasteiger partial charge in [0, 0.05) is 31.1 Å². The number of halogens is 3. The SMILES string of the molecule is O=C(c1ccnn1C(F)F)N1CCc2[nH]cnc2[C@H]1c1cc2cc(F)ccn2n1. The first-order valence-electron chi connectivity index (χ1n) is 8.82. The highest BCUT2D eigenvalue weighted by Crippen LogP contribution is 2.34. The number of aromatic amines is 1. The van der Waals surface area contributed by atoms with Crippen LogP contribution < -0.4 is 0 Å². The molecule has 0 bridgehead atoms. The number of pyridine rings is 1. The summed E-state index contributed by atoms with van der Waals surface area (Å²) in [5.74, 6) is -1.02. The maximum atomic E-state index is 13.6. The molecular weight excluding hydrogens is 387 g/mol. The summed E-state index contributed by atoms with van der Waals surface area (Å²) >= 11 is 0. The molecule has 148 valence electrons. The Kier molecular flexibility index (Phi) is 3.89. The fourth-order valence-electron chi connectivity index (χ4n) is 3.70. The monoisotopic (exact) mass is 401 g/mol. The topological polar surface area (TPSA) is 84.1 Å². The van der Waals surface area contributed by atoms with Crippen LogP contribution in [0.25, 0.3) is 5.52 Å². The average molecular weight is 401 g/mol. The molecule has 0 aliphatic carbocycles. The van der Waals surface area contributed by atoms with Crippen LogP contribution in [-0.2, 0) is 6.42 Å². The Labute approximate surface area is 161 Å². The number of H-pyrrole nitrogens is 1. The van der Waals surface area contributed by atoms with Gasteiger partial charge in [-0.15, -0.1) is 0 Å². The minimum atomic E-state index is -2.94. The molecular formula is C18H14F3N7O. The molecule has 4 aromatic rings. The van der Waals surface area contributed by atoms with E-state index in [-0.39, 0.29) is 12.2 Å². The van der Waals surface area contributed by atoms with Crippen molar-refractivity contribution in [1.29, 1.82) is 0 Å². The molecule has 5 rings (SSSR count). The van der Waals surface area contributed by atoms with E-state index in [9.17, 15) is 18.0 Å². The van der Waals surface area contributed by atoms with Gasteiger partial charge in [-0.2, -0.15) is 23.7 Å². The fraction of sp³-hybridized carbons (Fsp3) is 0.222.